The topological polar surface area (TPSA) is 36.4 Å². The van der Waals surface area contributed by atoms with Crippen LogP contribution in [-0.4, -0.2) is 47.9 Å². The third-order valence-electron chi connectivity index (χ3n) is 3.22. The Labute approximate surface area is 102 Å². The number of rotatable bonds is 3. The Kier molecular flexibility index (Phi) is 3.74. The maximum atomic E-state index is 11.8. The second-order valence-electron chi connectivity index (χ2n) is 4.81. The highest BCUT2D eigenvalue weighted by atomic mass is 16.2. The Morgan fingerprint density at radius 3 is 2.82 bits per heavy atom. The van der Waals surface area contributed by atoms with E-state index in [0.29, 0.717) is 0 Å². The van der Waals surface area contributed by atoms with Crippen LogP contribution in [0.3, 0.4) is 0 Å². The van der Waals surface area contributed by atoms with Gasteiger partial charge in [-0.05, 0) is 30.7 Å². The number of amides is 1. The molecule has 0 N–H and O–H groups in total. The van der Waals surface area contributed by atoms with E-state index in [9.17, 15) is 4.79 Å². The van der Waals surface area contributed by atoms with E-state index >= 15 is 0 Å². The standard InChI is InChI=1S/C13H19N3O/c1-15(2)13(17)12-5-8-16(10-12)9-11-3-6-14-7-4-11/h3-4,6-7,12H,5,8-10H2,1-2H3/t12-/m0/s1. The molecule has 4 nitrogen and oxygen atoms in total. The van der Waals surface area contributed by atoms with E-state index in [4.69, 9.17) is 0 Å². The van der Waals surface area contributed by atoms with Crippen LogP contribution >= 0.6 is 0 Å². The van der Waals surface area contributed by atoms with Gasteiger partial charge in [0.1, 0.15) is 0 Å². The average molecular weight is 233 g/mol. The van der Waals surface area contributed by atoms with E-state index < -0.39 is 0 Å². The molecule has 0 aromatic carbocycles. The van der Waals surface area contributed by atoms with Gasteiger partial charge >= 0.3 is 0 Å². The van der Waals surface area contributed by atoms with Crippen LogP contribution in [0.2, 0.25) is 0 Å². The van der Waals surface area contributed by atoms with Crippen molar-refractivity contribution in [3.8, 4) is 0 Å². The number of aromatic nitrogens is 1. The first-order valence-electron chi connectivity index (χ1n) is 5.99. The largest absolute Gasteiger partial charge is 0.349 e. The quantitative estimate of drug-likeness (QED) is 0.781. The summed E-state index contributed by atoms with van der Waals surface area (Å²) in [6.07, 6.45) is 4.60. The van der Waals surface area contributed by atoms with Crippen molar-refractivity contribution in [2.75, 3.05) is 27.2 Å². The first-order chi connectivity index (χ1) is 8.16. The van der Waals surface area contributed by atoms with Gasteiger partial charge in [0.15, 0.2) is 0 Å². The number of carbonyl (C=O) groups excluding carboxylic acids is 1. The van der Waals surface area contributed by atoms with Gasteiger partial charge in [0.05, 0.1) is 5.92 Å². The zero-order valence-corrected chi connectivity index (χ0v) is 10.5. The summed E-state index contributed by atoms with van der Waals surface area (Å²) in [5, 5.41) is 0. The molecule has 17 heavy (non-hydrogen) atoms. The Hall–Kier alpha value is -1.42. The number of likely N-dealkylation sites (tertiary alicyclic amines) is 1. The molecule has 1 aromatic heterocycles. The predicted octanol–water partition coefficient (Wildman–Crippen LogP) is 0.992. The van der Waals surface area contributed by atoms with Crippen LogP contribution in [0.25, 0.3) is 0 Å². The van der Waals surface area contributed by atoms with E-state index in [2.05, 4.69) is 9.88 Å². The molecule has 0 unspecified atom stereocenters. The zero-order valence-electron chi connectivity index (χ0n) is 10.5. The van der Waals surface area contributed by atoms with Crippen LogP contribution in [0.15, 0.2) is 24.5 Å². The lowest BCUT2D eigenvalue weighted by Gasteiger charge is -2.18. The van der Waals surface area contributed by atoms with Crippen LogP contribution in [0.1, 0.15) is 12.0 Å². The molecule has 1 aromatic rings. The smallest absolute Gasteiger partial charge is 0.226 e. The van der Waals surface area contributed by atoms with Gasteiger partial charge in [-0.15, -0.1) is 0 Å². The van der Waals surface area contributed by atoms with Crippen molar-refractivity contribution in [2.24, 2.45) is 5.92 Å². The van der Waals surface area contributed by atoms with Crippen LogP contribution < -0.4 is 0 Å². The van der Waals surface area contributed by atoms with E-state index in [-0.39, 0.29) is 11.8 Å². The van der Waals surface area contributed by atoms with Gasteiger partial charge in [-0.25, -0.2) is 0 Å². The molecular formula is C13H19N3O. The predicted molar refractivity (Wildman–Crippen MR) is 66.3 cm³/mol. The van der Waals surface area contributed by atoms with Gasteiger partial charge in [0.2, 0.25) is 5.91 Å². The Morgan fingerprint density at radius 1 is 1.47 bits per heavy atom. The molecule has 0 radical (unpaired) electrons. The maximum absolute atomic E-state index is 11.8. The lowest BCUT2D eigenvalue weighted by Crippen LogP contribution is -2.31. The molecule has 0 aliphatic carbocycles. The van der Waals surface area contributed by atoms with Crippen molar-refractivity contribution in [3.05, 3.63) is 30.1 Å². The number of carbonyl (C=O) groups is 1. The van der Waals surface area contributed by atoms with E-state index in [1.807, 2.05) is 38.6 Å². The monoisotopic (exact) mass is 233 g/mol. The van der Waals surface area contributed by atoms with Crippen molar-refractivity contribution in [1.29, 1.82) is 0 Å². The van der Waals surface area contributed by atoms with Gasteiger partial charge in [-0.1, -0.05) is 0 Å². The summed E-state index contributed by atoms with van der Waals surface area (Å²) in [5.74, 6) is 0.425. The summed E-state index contributed by atoms with van der Waals surface area (Å²) < 4.78 is 0. The second kappa shape index (κ2) is 5.27. The molecule has 1 fully saturated rings. The minimum Gasteiger partial charge on any atom is -0.349 e. The molecule has 0 spiro atoms. The first-order valence-corrected chi connectivity index (χ1v) is 5.99. The Bertz CT molecular complexity index is 378. The van der Waals surface area contributed by atoms with Gasteiger partial charge in [0.25, 0.3) is 0 Å². The summed E-state index contributed by atoms with van der Waals surface area (Å²) in [6.45, 7) is 2.80. The molecule has 4 heteroatoms. The van der Waals surface area contributed by atoms with Crippen LogP contribution in [0.5, 0.6) is 0 Å². The lowest BCUT2D eigenvalue weighted by molar-refractivity contribution is -0.132. The normalized spacial score (nSPS) is 20.5. The SMILES string of the molecule is CN(C)C(=O)[C@H]1CCN(Cc2ccncc2)C1. The molecule has 1 aliphatic heterocycles. The molecule has 1 saturated heterocycles. The summed E-state index contributed by atoms with van der Waals surface area (Å²) in [5.41, 5.74) is 1.26. The molecule has 92 valence electrons. The third kappa shape index (κ3) is 3.03. The fourth-order valence-corrected chi connectivity index (χ4v) is 2.29. The maximum Gasteiger partial charge on any atom is 0.226 e. The highest BCUT2D eigenvalue weighted by Gasteiger charge is 2.28. The van der Waals surface area contributed by atoms with E-state index in [0.717, 1.165) is 26.1 Å². The minimum atomic E-state index is 0.173. The molecule has 1 aliphatic rings. The number of hydrogen-bond donors (Lipinski definition) is 0. The van der Waals surface area contributed by atoms with Gasteiger partial charge in [-0.3, -0.25) is 14.7 Å². The summed E-state index contributed by atoms with van der Waals surface area (Å²) in [6, 6.07) is 4.06. The van der Waals surface area contributed by atoms with E-state index in [1.54, 1.807) is 4.90 Å². The Balaban J connectivity index is 1.88. The number of nitrogens with zero attached hydrogens (tertiary/aromatic N) is 3. The highest BCUT2D eigenvalue weighted by molar-refractivity contribution is 5.78. The average Bonchev–Trinajstić information content (AvgIpc) is 2.77. The summed E-state index contributed by atoms with van der Waals surface area (Å²) in [4.78, 5) is 19.9. The summed E-state index contributed by atoms with van der Waals surface area (Å²) >= 11 is 0. The molecule has 0 bridgehead atoms. The Morgan fingerprint density at radius 2 is 2.18 bits per heavy atom. The molecule has 1 atom stereocenters. The van der Waals surface area contributed by atoms with Crippen LogP contribution in [0.4, 0.5) is 0 Å². The van der Waals surface area contributed by atoms with E-state index in [1.165, 1.54) is 5.56 Å². The molecular weight excluding hydrogens is 214 g/mol. The number of pyridine rings is 1. The van der Waals surface area contributed by atoms with Crippen molar-refractivity contribution in [2.45, 2.75) is 13.0 Å². The molecule has 2 heterocycles. The van der Waals surface area contributed by atoms with Gasteiger partial charge in [0, 0.05) is 39.6 Å². The fourth-order valence-electron chi connectivity index (χ4n) is 2.29. The van der Waals surface area contributed by atoms with Crippen molar-refractivity contribution in [1.82, 2.24) is 14.8 Å². The number of hydrogen-bond acceptors (Lipinski definition) is 3. The van der Waals surface area contributed by atoms with Gasteiger partial charge in [-0.2, -0.15) is 0 Å². The second-order valence-corrected chi connectivity index (χ2v) is 4.81. The zero-order chi connectivity index (χ0) is 12.3. The fraction of sp³-hybridized carbons (Fsp3) is 0.538. The van der Waals surface area contributed by atoms with Crippen molar-refractivity contribution >= 4 is 5.91 Å². The van der Waals surface area contributed by atoms with Crippen LogP contribution in [0, 0.1) is 5.92 Å². The van der Waals surface area contributed by atoms with Crippen LogP contribution in [-0.2, 0) is 11.3 Å². The first kappa shape index (κ1) is 12.0. The summed E-state index contributed by atoms with van der Waals surface area (Å²) in [7, 11) is 3.65. The molecule has 0 saturated carbocycles. The third-order valence-corrected chi connectivity index (χ3v) is 3.22. The van der Waals surface area contributed by atoms with Crippen molar-refractivity contribution in [3.63, 3.8) is 0 Å². The molecule has 2 rings (SSSR count). The minimum absolute atomic E-state index is 0.173. The lowest BCUT2D eigenvalue weighted by atomic mass is 10.1. The highest BCUT2D eigenvalue weighted by Crippen LogP contribution is 2.19. The van der Waals surface area contributed by atoms with Crippen molar-refractivity contribution < 1.29 is 4.79 Å². The van der Waals surface area contributed by atoms with Gasteiger partial charge < -0.3 is 4.90 Å². The molecule has 1 amide bonds.